The Hall–Kier alpha value is -2.29. The van der Waals surface area contributed by atoms with Gasteiger partial charge in [-0.2, -0.15) is 13.2 Å². The van der Waals surface area contributed by atoms with Gasteiger partial charge in [0.1, 0.15) is 5.58 Å². The van der Waals surface area contributed by atoms with E-state index >= 15 is 0 Å². The minimum atomic E-state index is -4.55. The molecule has 26 heavy (non-hydrogen) atoms. The molecule has 0 atom stereocenters. The largest absolute Gasteiger partial charge is 0.451 e. The Morgan fingerprint density at radius 3 is 2.62 bits per heavy atom. The lowest BCUT2D eigenvalue weighted by Gasteiger charge is -2.08. The molecule has 3 aromatic rings. The first-order valence-corrected chi connectivity index (χ1v) is 8.99. The third kappa shape index (κ3) is 3.00. The number of hydrogen-bond acceptors (Lipinski definition) is 5. The third-order valence-corrected chi connectivity index (χ3v) is 5.56. The van der Waals surface area contributed by atoms with E-state index in [-0.39, 0.29) is 5.16 Å². The zero-order chi connectivity index (χ0) is 18.5. The summed E-state index contributed by atoms with van der Waals surface area (Å²) in [5.41, 5.74) is 3.18. The molecule has 1 aliphatic carbocycles. The zero-order valence-electron chi connectivity index (χ0n) is 13.8. The van der Waals surface area contributed by atoms with Gasteiger partial charge in [0.2, 0.25) is 5.82 Å². The van der Waals surface area contributed by atoms with Crippen molar-refractivity contribution in [2.45, 2.75) is 36.3 Å². The quantitative estimate of drug-likeness (QED) is 0.511. The van der Waals surface area contributed by atoms with Gasteiger partial charge in [-0.05, 0) is 48.1 Å². The Morgan fingerprint density at radius 1 is 1.19 bits per heavy atom. The van der Waals surface area contributed by atoms with Gasteiger partial charge in [0.05, 0.1) is 0 Å². The molecule has 2 aromatic heterocycles. The van der Waals surface area contributed by atoms with Crippen LogP contribution >= 0.6 is 11.8 Å². The summed E-state index contributed by atoms with van der Waals surface area (Å²) in [6.45, 7) is 0. The molecule has 4 rings (SSSR count). The maximum Gasteiger partial charge on any atom is 0.451 e. The molecule has 0 radical (unpaired) electrons. The highest BCUT2D eigenvalue weighted by Gasteiger charge is 2.37. The Labute approximate surface area is 150 Å². The first-order valence-electron chi connectivity index (χ1n) is 8.01. The highest BCUT2D eigenvalue weighted by atomic mass is 32.2. The lowest BCUT2D eigenvalue weighted by Crippen LogP contribution is -2.13. The average molecular weight is 381 g/mol. The zero-order valence-corrected chi connectivity index (χ0v) is 14.6. The highest BCUT2D eigenvalue weighted by Crippen LogP contribution is 2.33. The number of fused-ring (bicyclic) bond motifs is 2. The molecule has 0 unspecified atom stereocenters. The van der Waals surface area contributed by atoms with E-state index in [0.29, 0.717) is 16.9 Å². The van der Waals surface area contributed by atoms with Crippen molar-refractivity contribution >= 4 is 22.7 Å². The van der Waals surface area contributed by atoms with E-state index in [9.17, 15) is 18.0 Å². The first kappa shape index (κ1) is 17.1. The molecule has 0 saturated carbocycles. The lowest BCUT2D eigenvalue weighted by atomic mass is 10.0. The molecule has 0 fully saturated rings. The van der Waals surface area contributed by atoms with Crippen molar-refractivity contribution in [1.82, 2.24) is 14.8 Å². The van der Waals surface area contributed by atoms with Gasteiger partial charge in [-0.15, -0.1) is 10.2 Å². The van der Waals surface area contributed by atoms with Crippen LogP contribution in [0.1, 0.15) is 28.9 Å². The van der Waals surface area contributed by atoms with Crippen LogP contribution in [0.2, 0.25) is 0 Å². The second kappa shape index (κ2) is 6.15. The SMILES string of the molecule is Cn1c(SCc2cc(=O)oc3cc4c(cc23)CCC4)nnc1C(F)(F)F. The van der Waals surface area contributed by atoms with Gasteiger partial charge in [-0.1, -0.05) is 11.8 Å². The molecular formula is C17H14F3N3O2S. The number of nitrogens with zero attached hydrogens (tertiary/aromatic N) is 3. The molecular weight excluding hydrogens is 367 g/mol. The molecule has 2 heterocycles. The average Bonchev–Trinajstić information content (AvgIpc) is 3.16. The van der Waals surface area contributed by atoms with E-state index in [2.05, 4.69) is 10.2 Å². The van der Waals surface area contributed by atoms with Crippen LogP contribution in [0.25, 0.3) is 11.0 Å². The number of alkyl halides is 3. The molecule has 0 saturated heterocycles. The summed E-state index contributed by atoms with van der Waals surface area (Å²) in [5.74, 6) is -0.750. The maximum absolute atomic E-state index is 12.8. The smallest absolute Gasteiger partial charge is 0.423 e. The van der Waals surface area contributed by atoms with Crippen molar-refractivity contribution in [3.8, 4) is 0 Å². The van der Waals surface area contributed by atoms with Crippen molar-refractivity contribution in [3.05, 3.63) is 51.1 Å². The van der Waals surface area contributed by atoms with Crippen LogP contribution in [0.4, 0.5) is 13.2 Å². The molecule has 1 aliphatic rings. The van der Waals surface area contributed by atoms with Gasteiger partial charge >= 0.3 is 11.8 Å². The standard InChI is InChI=1S/C17H14F3N3O2S/c1-23-15(17(18,19)20)21-22-16(23)26-8-11-7-14(24)25-13-6-10-4-2-3-9(10)5-12(11)13/h5-7H,2-4,8H2,1H3. The number of aryl methyl sites for hydroxylation is 2. The summed E-state index contributed by atoms with van der Waals surface area (Å²) in [4.78, 5) is 11.9. The van der Waals surface area contributed by atoms with Crippen molar-refractivity contribution in [1.29, 1.82) is 0 Å². The van der Waals surface area contributed by atoms with Gasteiger partial charge in [0.15, 0.2) is 5.16 Å². The molecule has 0 amide bonds. The van der Waals surface area contributed by atoms with Crippen molar-refractivity contribution in [3.63, 3.8) is 0 Å². The van der Waals surface area contributed by atoms with E-state index < -0.39 is 17.6 Å². The minimum Gasteiger partial charge on any atom is -0.423 e. The van der Waals surface area contributed by atoms with Gasteiger partial charge in [-0.3, -0.25) is 0 Å². The molecule has 0 bridgehead atoms. The summed E-state index contributed by atoms with van der Waals surface area (Å²) in [7, 11) is 1.27. The van der Waals surface area contributed by atoms with Crippen LogP contribution in [0.15, 0.2) is 32.6 Å². The fourth-order valence-corrected chi connectivity index (χ4v) is 4.15. The number of hydrogen-bond donors (Lipinski definition) is 0. The second-order valence-electron chi connectivity index (χ2n) is 6.21. The van der Waals surface area contributed by atoms with E-state index in [1.165, 1.54) is 24.2 Å². The Balaban J connectivity index is 1.68. The molecule has 1 aromatic carbocycles. The van der Waals surface area contributed by atoms with Crippen LogP contribution < -0.4 is 5.63 Å². The molecule has 9 heteroatoms. The minimum absolute atomic E-state index is 0.139. The third-order valence-electron chi connectivity index (χ3n) is 4.49. The number of benzene rings is 1. The summed E-state index contributed by atoms with van der Waals surface area (Å²) in [6.07, 6.45) is -1.54. The van der Waals surface area contributed by atoms with Crippen LogP contribution in [0.3, 0.4) is 0 Å². The molecule has 136 valence electrons. The number of rotatable bonds is 3. The van der Waals surface area contributed by atoms with Crippen molar-refractivity contribution < 1.29 is 17.6 Å². The highest BCUT2D eigenvalue weighted by molar-refractivity contribution is 7.98. The number of aromatic nitrogens is 3. The lowest BCUT2D eigenvalue weighted by molar-refractivity contribution is -0.147. The molecule has 0 N–H and O–H groups in total. The van der Waals surface area contributed by atoms with Crippen LogP contribution in [-0.4, -0.2) is 14.8 Å². The summed E-state index contributed by atoms with van der Waals surface area (Å²) in [5, 5.41) is 7.78. The summed E-state index contributed by atoms with van der Waals surface area (Å²) < 4.78 is 44.7. The Morgan fingerprint density at radius 2 is 1.92 bits per heavy atom. The number of thioether (sulfide) groups is 1. The van der Waals surface area contributed by atoms with Gasteiger partial charge in [-0.25, -0.2) is 4.79 Å². The summed E-state index contributed by atoms with van der Waals surface area (Å²) in [6, 6.07) is 5.31. The fraction of sp³-hybridized carbons (Fsp3) is 0.353. The first-order chi connectivity index (χ1) is 12.3. The van der Waals surface area contributed by atoms with E-state index in [1.807, 2.05) is 12.1 Å². The van der Waals surface area contributed by atoms with Crippen LogP contribution in [-0.2, 0) is 31.8 Å². The summed E-state index contributed by atoms with van der Waals surface area (Å²) >= 11 is 1.10. The van der Waals surface area contributed by atoms with Crippen LogP contribution in [0, 0.1) is 0 Å². The van der Waals surface area contributed by atoms with Crippen LogP contribution in [0.5, 0.6) is 0 Å². The second-order valence-corrected chi connectivity index (χ2v) is 7.16. The van der Waals surface area contributed by atoms with Gasteiger partial charge in [0.25, 0.3) is 0 Å². The van der Waals surface area contributed by atoms with Gasteiger partial charge in [0, 0.05) is 24.3 Å². The monoisotopic (exact) mass is 381 g/mol. The Kier molecular flexibility index (Phi) is 4.06. The predicted octanol–water partition coefficient (Wildman–Crippen LogP) is 3.72. The predicted molar refractivity (Wildman–Crippen MR) is 90.1 cm³/mol. The molecule has 0 spiro atoms. The van der Waals surface area contributed by atoms with E-state index in [1.54, 1.807) is 0 Å². The van der Waals surface area contributed by atoms with Crippen molar-refractivity contribution in [2.75, 3.05) is 0 Å². The van der Waals surface area contributed by atoms with Crippen molar-refractivity contribution in [2.24, 2.45) is 7.05 Å². The number of halogens is 3. The Bertz CT molecular complexity index is 1060. The molecule has 0 aliphatic heterocycles. The maximum atomic E-state index is 12.8. The topological polar surface area (TPSA) is 60.9 Å². The molecule has 5 nitrogen and oxygen atoms in total. The van der Waals surface area contributed by atoms with E-state index in [0.717, 1.165) is 41.0 Å². The fourth-order valence-electron chi connectivity index (χ4n) is 3.24. The van der Waals surface area contributed by atoms with Gasteiger partial charge < -0.3 is 8.98 Å². The normalized spacial score (nSPS) is 14.2. The van der Waals surface area contributed by atoms with E-state index in [4.69, 9.17) is 4.42 Å².